The summed E-state index contributed by atoms with van der Waals surface area (Å²) in [5.41, 5.74) is 2.52. The topological polar surface area (TPSA) is 59.3 Å². The van der Waals surface area contributed by atoms with Crippen molar-refractivity contribution in [3.8, 4) is 11.1 Å². The molecular formula is C23H16BrNO3. The van der Waals surface area contributed by atoms with E-state index in [-0.39, 0.29) is 5.76 Å². The number of rotatable bonds is 3. The maximum absolute atomic E-state index is 13.1. The molecule has 138 valence electrons. The summed E-state index contributed by atoms with van der Waals surface area (Å²) in [6.07, 6.45) is 0. The van der Waals surface area contributed by atoms with Gasteiger partial charge < -0.3 is 9.73 Å². The molecule has 0 unspecified atom stereocenters. The first-order chi connectivity index (χ1) is 13.5. The Hall–Kier alpha value is -3.18. The number of amides is 1. The zero-order chi connectivity index (χ0) is 19.7. The summed E-state index contributed by atoms with van der Waals surface area (Å²) in [4.78, 5) is 25.6. The normalized spacial score (nSPS) is 10.8. The quantitative estimate of drug-likeness (QED) is 0.445. The van der Waals surface area contributed by atoms with Crippen LogP contribution in [0, 0.1) is 6.92 Å². The van der Waals surface area contributed by atoms with Crippen LogP contribution in [0.15, 0.2) is 86.5 Å². The fourth-order valence-electron chi connectivity index (χ4n) is 3.15. The number of benzene rings is 3. The first-order valence-corrected chi connectivity index (χ1v) is 9.52. The minimum atomic E-state index is -0.539. The molecule has 1 heterocycles. The Morgan fingerprint density at radius 2 is 1.61 bits per heavy atom. The van der Waals surface area contributed by atoms with E-state index in [1.54, 1.807) is 18.2 Å². The van der Waals surface area contributed by atoms with Crippen molar-refractivity contribution in [1.82, 2.24) is 0 Å². The first-order valence-electron chi connectivity index (χ1n) is 8.73. The molecule has 1 aromatic heterocycles. The fraction of sp³-hybridized carbons (Fsp3) is 0.0435. The Balaban J connectivity index is 1.91. The highest BCUT2D eigenvalue weighted by molar-refractivity contribution is 9.10. The number of anilines is 1. The monoisotopic (exact) mass is 433 g/mol. The smallest absolute Gasteiger partial charge is 0.344 e. The van der Waals surface area contributed by atoms with Gasteiger partial charge in [-0.2, -0.15) is 0 Å². The van der Waals surface area contributed by atoms with Crippen LogP contribution in [-0.4, -0.2) is 5.91 Å². The maximum atomic E-state index is 13.1. The minimum Gasteiger partial charge on any atom is -0.416 e. The summed E-state index contributed by atoms with van der Waals surface area (Å²) < 4.78 is 6.25. The van der Waals surface area contributed by atoms with Crippen molar-refractivity contribution in [2.24, 2.45) is 0 Å². The Labute approximate surface area is 170 Å². The number of halogens is 1. The van der Waals surface area contributed by atoms with Crippen LogP contribution >= 0.6 is 15.9 Å². The van der Waals surface area contributed by atoms with Crippen molar-refractivity contribution < 1.29 is 9.21 Å². The number of nitrogens with one attached hydrogen (secondary N) is 1. The molecule has 4 rings (SSSR count). The van der Waals surface area contributed by atoms with E-state index < -0.39 is 11.5 Å². The molecule has 0 fully saturated rings. The Morgan fingerprint density at radius 1 is 0.929 bits per heavy atom. The van der Waals surface area contributed by atoms with Crippen molar-refractivity contribution in [2.75, 3.05) is 5.32 Å². The van der Waals surface area contributed by atoms with Gasteiger partial charge in [0.25, 0.3) is 5.91 Å². The molecule has 0 bridgehead atoms. The van der Waals surface area contributed by atoms with E-state index in [1.807, 2.05) is 61.5 Å². The Bertz CT molecular complexity index is 1250. The average molecular weight is 434 g/mol. The summed E-state index contributed by atoms with van der Waals surface area (Å²) in [5, 5.41) is 3.96. The largest absolute Gasteiger partial charge is 0.416 e. The van der Waals surface area contributed by atoms with Crippen LogP contribution in [-0.2, 0) is 0 Å². The van der Waals surface area contributed by atoms with Gasteiger partial charge in [0.05, 0.1) is 11.1 Å². The van der Waals surface area contributed by atoms with Gasteiger partial charge in [0, 0.05) is 15.4 Å². The number of aryl methyl sites for hydroxylation is 1. The lowest BCUT2D eigenvalue weighted by Gasteiger charge is -2.13. The molecule has 0 atom stereocenters. The molecule has 0 aliphatic heterocycles. The molecule has 0 saturated heterocycles. The fourth-order valence-corrected chi connectivity index (χ4v) is 3.74. The third kappa shape index (κ3) is 3.37. The van der Waals surface area contributed by atoms with Gasteiger partial charge in [0.15, 0.2) is 0 Å². The molecular weight excluding hydrogens is 418 g/mol. The van der Waals surface area contributed by atoms with E-state index in [0.717, 1.165) is 15.6 Å². The van der Waals surface area contributed by atoms with E-state index in [9.17, 15) is 9.59 Å². The van der Waals surface area contributed by atoms with Gasteiger partial charge in [0.2, 0.25) is 5.76 Å². The van der Waals surface area contributed by atoms with Gasteiger partial charge in [-0.1, -0.05) is 54.6 Å². The summed E-state index contributed by atoms with van der Waals surface area (Å²) in [6, 6.07) is 22.2. The van der Waals surface area contributed by atoms with Crippen LogP contribution in [0.25, 0.3) is 21.9 Å². The first kappa shape index (κ1) is 18.2. The molecule has 3 aromatic carbocycles. The van der Waals surface area contributed by atoms with E-state index in [0.29, 0.717) is 22.0 Å². The number of hydrogen-bond acceptors (Lipinski definition) is 3. The molecule has 28 heavy (non-hydrogen) atoms. The molecule has 1 N–H and O–H groups in total. The minimum absolute atomic E-state index is 0.0117. The molecule has 5 heteroatoms. The lowest BCUT2D eigenvalue weighted by Crippen LogP contribution is -2.17. The van der Waals surface area contributed by atoms with Gasteiger partial charge in [-0.05, 0) is 52.2 Å². The number of fused-ring (bicyclic) bond motifs is 1. The maximum Gasteiger partial charge on any atom is 0.344 e. The van der Waals surface area contributed by atoms with Crippen molar-refractivity contribution in [3.63, 3.8) is 0 Å². The van der Waals surface area contributed by atoms with E-state index in [4.69, 9.17) is 4.42 Å². The number of hydrogen-bond donors (Lipinski definition) is 1. The van der Waals surface area contributed by atoms with E-state index in [2.05, 4.69) is 21.2 Å². The van der Waals surface area contributed by atoms with Crippen LogP contribution in [0.3, 0.4) is 0 Å². The number of carbonyl (C=O) groups is 1. The van der Waals surface area contributed by atoms with Gasteiger partial charge in [-0.3, -0.25) is 4.79 Å². The highest BCUT2D eigenvalue weighted by Gasteiger charge is 2.21. The predicted molar refractivity (Wildman–Crippen MR) is 115 cm³/mol. The molecule has 0 aliphatic carbocycles. The summed E-state index contributed by atoms with van der Waals surface area (Å²) in [5.74, 6) is -0.492. The van der Waals surface area contributed by atoms with Gasteiger partial charge >= 0.3 is 5.63 Å². The third-order valence-corrected chi connectivity index (χ3v) is 5.14. The molecule has 4 nitrogen and oxygen atoms in total. The zero-order valence-corrected chi connectivity index (χ0v) is 16.6. The van der Waals surface area contributed by atoms with Gasteiger partial charge in [-0.15, -0.1) is 0 Å². The second-order valence-electron chi connectivity index (χ2n) is 6.44. The van der Waals surface area contributed by atoms with Crippen LogP contribution in [0.4, 0.5) is 5.69 Å². The highest BCUT2D eigenvalue weighted by Crippen LogP contribution is 2.32. The molecule has 0 radical (unpaired) electrons. The molecule has 0 spiro atoms. The van der Waals surface area contributed by atoms with Crippen LogP contribution in [0.1, 0.15) is 16.1 Å². The Morgan fingerprint density at radius 3 is 2.32 bits per heavy atom. The van der Waals surface area contributed by atoms with E-state index in [1.165, 1.54) is 0 Å². The van der Waals surface area contributed by atoms with Crippen LogP contribution in [0.2, 0.25) is 0 Å². The summed E-state index contributed by atoms with van der Waals surface area (Å²) in [6.45, 7) is 1.96. The van der Waals surface area contributed by atoms with Gasteiger partial charge in [-0.25, -0.2) is 4.79 Å². The standard InChI is InChI=1S/C23H16BrNO3/c1-14-11-12-19(18(24)13-14)25-22(26)21-20(15-7-3-2-4-8-15)16-9-5-6-10-17(16)23(27)28-21/h2-13H,1H3,(H,25,26). The summed E-state index contributed by atoms with van der Waals surface area (Å²) >= 11 is 3.46. The van der Waals surface area contributed by atoms with Crippen LogP contribution in [0.5, 0.6) is 0 Å². The molecule has 0 aliphatic rings. The van der Waals surface area contributed by atoms with Crippen molar-refractivity contribution >= 4 is 38.3 Å². The molecule has 0 saturated carbocycles. The van der Waals surface area contributed by atoms with Crippen LogP contribution < -0.4 is 10.9 Å². The van der Waals surface area contributed by atoms with Gasteiger partial charge in [0.1, 0.15) is 0 Å². The Kier molecular flexibility index (Phi) is 4.84. The molecule has 4 aromatic rings. The lowest BCUT2D eigenvalue weighted by atomic mass is 9.98. The lowest BCUT2D eigenvalue weighted by molar-refractivity contribution is 0.0994. The van der Waals surface area contributed by atoms with Crippen molar-refractivity contribution in [3.05, 3.63) is 99.0 Å². The second-order valence-corrected chi connectivity index (χ2v) is 7.30. The number of carbonyl (C=O) groups excluding carboxylic acids is 1. The third-order valence-electron chi connectivity index (χ3n) is 4.48. The summed E-state index contributed by atoms with van der Waals surface area (Å²) in [7, 11) is 0. The van der Waals surface area contributed by atoms with Crippen molar-refractivity contribution in [1.29, 1.82) is 0 Å². The molecule has 1 amide bonds. The highest BCUT2D eigenvalue weighted by atomic mass is 79.9. The zero-order valence-electron chi connectivity index (χ0n) is 15.0. The SMILES string of the molecule is Cc1ccc(NC(=O)c2oc(=O)c3ccccc3c2-c2ccccc2)c(Br)c1. The predicted octanol–water partition coefficient (Wildman–Crippen LogP) is 5.78. The average Bonchev–Trinajstić information content (AvgIpc) is 2.70. The second kappa shape index (κ2) is 7.44. The van der Waals surface area contributed by atoms with E-state index >= 15 is 0 Å². The van der Waals surface area contributed by atoms with Crippen molar-refractivity contribution in [2.45, 2.75) is 6.92 Å².